The van der Waals surface area contributed by atoms with Gasteiger partial charge in [-0.1, -0.05) is 0 Å². The van der Waals surface area contributed by atoms with Gasteiger partial charge in [-0.2, -0.15) is 0 Å². The largest absolute Gasteiger partial charge is 0.491 e. The van der Waals surface area contributed by atoms with Gasteiger partial charge in [-0.3, -0.25) is 0 Å². The zero-order valence-electron chi connectivity index (χ0n) is 23.2. The van der Waals surface area contributed by atoms with Gasteiger partial charge in [-0.25, -0.2) is 14.4 Å². The Bertz CT molecular complexity index is 1440. The van der Waals surface area contributed by atoms with E-state index in [0.29, 0.717) is 51.0 Å². The second-order valence-electron chi connectivity index (χ2n) is 10.3. The van der Waals surface area contributed by atoms with Gasteiger partial charge in [0.1, 0.15) is 54.0 Å². The summed E-state index contributed by atoms with van der Waals surface area (Å²) in [6.07, 6.45) is 1.84. The molecule has 224 valence electrons. The Kier molecular flexibility index (Phi) is 8.83. The Morgan fingerprint density at radius 3 is 1.67 bits per heavy atom. The lowest BCUT2D eigenvalue weighted by Crippen LogP contribution is -2.15. The fourth-order valence-electron chi connectivity index (χ4n) is 4.02. The maximum atomic E-state index is 13.0. The third kappa shape index (κ3) is 8.54. The molecule has 0 aliphatic carbocycles. The van der Waals surface area contributed by atoms with Crippen molar-refractivity contribution in [2.45, 2.75) is 31.2 Å². The predicted molar refractivity (Wildman–Crippen MR) is 149 cm³/mol. The molecule has 43 heavy (non-hydrogen) atoms. The minimum Gasteiger partial charge on any atom is -0.491 e. The smallest absolute Gasteiger partial charge is 0.343 e. The molecule has 11 nitrogen and oxygen atoms in total. The average Bonchev–Trinajstić information content (AvgIpc) is 3.87. The predicted octanol–water partition coefficient (Wildman–Crippen LogP) is 4.02. The molecule has 0 radical (unpaired) electrons. The van der Waals surface area contributed by atoms with Gasteiger partial charge in [-0.05, 0) is 79.6 Å². The van der Waals surface area contributed by atoms with Crippen molar-refractivity contribution in [2.24, 2.45) is 0 Å². The summed E-state index contributed by atoms with van der Waals surface area (Å²) in [4.78, 5) is 38.8. The number of rotatable bonds is 15. The van der Waals surface area contributed by atoms with Crippen LogP contribution in [0.5, 0.6) is 23.0 Å². The van der Waals surface area contributed by atoms with Crippen LogP contribution in [0.15, 0.2) is 66.7 Å². The molecule has 0 spiro atoms. The van der Waals surface area contributed by atoms with Crippen molar-refractivity contribution >= 4 is 17.9 Å². The summed E-state index contributed by atoms with van der Waals surface area (Å²) in [7, 11) is 0. The van der Waals surface area contributed by atoms with Gasteiger partial charge in [0.05, 0.1) is 43.7 Å². The Morgan fingerprint density at radius 1 is 0.628 bits per heavy atom. The Hall–Kier alpha value is -4.45. The number of hydrogen-bond donors (Lipinski definition) is 0. The fraction of sp³-hybridized carbons (Fsp3) is 0.344. The van der Waals surface area contributed by atoms with Crippen LogP contribution in [0, 0.1) is 0 Å². The highest BCUT2D eigenvalue weighted by molar-refractivity contribution is 5.97. The number of carbonyl (C=O) groups excluding carboxylic acids is 3. The molecule has 11 heteroatoms. The maximum Gasteiger partial charge on any atom is 0.343 e. The number of hydrogen-bond acceptors (Lipinski definition) is 11. The van der Waals surface area contributed by atoms with Crippen LogP contribution in [0.3, 0.4) is 0 Å². The molecule has 0 amide bonds. The van der Waals surface area contributed by atoms with E-state index in [1.165, 1.54) is 18.2 Å². The molecule has 3 unspecified atom stereocenters. The first-order valence-corrected chi connectivity index (χ1v) is 14.1. The molecule has 3 fully saturated rings. The van der Waals surface area contributed by atoms with E-state index in [4.69, 9.17) is 37.9 Å². The highest BCUT2D eigenvalue weighted by Gasteiger charge is 2.25. The fourth-order valence-corrected chi connectivity index (χ4v) is 4.02. The summed E-state index contributed by atoms with van der Waals surface area (Å²) in [6.45, 7) is 3.13. The number of esters is 3. The van der Waals surface area contributed by atoms with E-state index in [1.807, 2.05) is 0 Å². The van der Waals surface area contributed by atoms with Crippen molar-refractivity contribution in [3.05, 3.63) is 83.4 Å². The molecule has 3 heterocycles. The van der Waals surface area contributed by atoms with Crippen LogP contribution in [0.25, 0.3) is 0 Å². The standard InChI is InChI=1S/C32H30O11/c33-30(20-3-7-22(8-4-20)37-16-26-18-40-26)42-24-11-12-29(28(14-24)32(35)36-13-1-2-25-15-39-25)43-31(34)21-5-9-23(10-6-21)38-17-27-19-41-27/h3-12,14,25-27H,1-2,13,15-19H2. The number of epoxide rings is 3. The van der Waals surface area contributed by atoms with Crippen molar-refractivity contribution < 1.29 is 52.3 Å². The number of ether oxygens (including phenoxy) is 8. The van der Waals surface area contributed by atoms with Crippen molar-refractivity contribution in [3.8, 4) is 23.0 Å². The number of benzene rings is 3. The molecule has 0 N–H and O–H groups in total. The van der Waals surface area contributed by atoms with Crippen LogP contribution in [-0.2, 0) is 18.9 Å². The van der Waals surface area contributed by atoms with Gasteiger partial charge in [-0.15, -0.1) is 0 Å². The second kappa shape index (κ2) is 13.2. The molecule has 3 aliphatic rings. The average molecular weight is 591 g/mol. The zero-order valence-corrected chi connectivity index (χ0v) is 23.2. The molecule has 6 rings (SSSR count). The molecule has 3 aliphatic heterocycles. The van der Waals surface area contributed by atoms with Gasteiger partial charge in [0.15, 0.2) is 0 Å². The first-order valence-electron chi connectivity index (χ1n) is 14.1. The third-order valence-electron chi connectivity index (χ3n) is 6.75. The van der Waals surface area contributed by atoms with E-state index in [9.17, 15) is 14.4 Å². The Morgan fingerprint density at radius 2 is 1.14 bits per heavy atom. The lowest BCUT2D eigenvalue weighted by Gasteiger charge is -2.13. The SMILES string of the molecule is O=C(Oc1ccc(OC(=O)c2ccc(OCC3CO3)cc2)c(C(=O)OCCCC2CO2)c1)c1ccc(OCC2CO2)cc1. The molecular weight excluding hydrogens is 560 g/mol. The van der Waals surface area contributed by atoms with Crippen LogP contribution in [0.2, 0.25) is 0 Å². The maximum absolute atomic E-state index is 13.0. The van der Waals surface area contributed by atoms with Crippen molar-refractivity contribution in [1.82, 2.24) is 0 Å². The van der Waals surface area contributed by atoms with E-state index < -0.39 is 17.9 Å². The highest BCUT2D eigenvalue weighted by atomic mass is 16.6. The van der Waals surface area contributed by atoms with Crippen molar-refractivity contribution in [1.29, 1.82) is 0 Å². The van der Waals surface area contributed by atoms with Gasteiger partial charge in [0, 0.05) is 0 Å². The van der Waals surface area contributed by atoms with Crippen LogP contribution in [0.1, 0.15) is 43.9 Å². The first-order chi connectivity index (χ1) is 21.0. The third-order valence-corrected chi connectivity index (χ3v) is 6.75. The van der Waals surface area contributed by atoms with E-state index in [-0.39, 0.29) is 53.1 Å². The topological polar surface area (TPSA) is 135 Å². The minimum absolute atomic E-state index is 0.0346. The molecule has 3 saturated heterocycles. The van der Waals surface area contributed by atoms with Crippen LogP contribution in [0.4, 0.5) is 0 Å². The lowest BCUT2D eigenvalue weighted by atomic mass is 10.1. The summed E-state index contributed by atoms with van der Waals surface area (Å²) in [5, 5.41) is 0. The molecule has 3 aromatic rings. The van der Waals surface area contributed by atoms with E-state index in [1.54, 1.807) is 48.5 Å². The zero-order chi connectivity index (χ0) is 29.6. The number of carbonyl (C=O) groups is 3. The summed E-state index contributed by atoms with van der Waals surface area (Å²) in [5.74, 6) is -0.799. The van der Waals surface area contributed by atoms with Gasteiger partial charge in [0.25, 0.3) is 0 Å². The minimum atomic E-state index is -0.718. The highest BCUT2D eigenvalue weighted by Crippen LogP contribution is 2.28. The second-order valence-corrected chi connectivity index (χ2v) is 10.3. The normalized spacial score (nSPS) is 19.6. The molecular formula is C32H30O11. The lowest BCUT2D eigenvalue weighted by molar-refractivity contribution is 0.0488. The molecule has 0 saturated carbocycles. The summed E-state index contributed by atoms with van der Waals surface area (Å²) >= 11 is 0. The summed E-state index contributed by atoms with van der Waals surface area (Å²) < 4.78 is 43.2. The van der Waals surface area contributed by atoms with E-state index >= 15 is 0 Å². The van der Waals surface area contributed by atoms with Crippen LogP contribution < -0.4 is 18.9 Å². The van der Waals surface area contributed by atoms with Gasteiger partial charge < -0.3 is 37.9 Å². The van der Waals surface area contributed by atoms with E-state index in [2.05, 4.69) is 0 Å². The Labute approximate surface area is 247 Å². The summed E-state index contributed by atoms with van der Waals surface area (Å²) in [5.41, 5.74) is 0.483. The Balaban J connectivity index is 1.12. The van der Waals surface area contributed by atoms with E-state index in [0.717, 1.165) is 6.42 Å². The van der Waals surface area contributed by atoms with Crippen molar-refractivity contribution in [3.63, 3.8) is 0 Å². The van der Waals surface area contributed by atoms with Gasteiger partial charge >= 0.3 is 17.9 Å². The monoisotopic (exact) mass is 590 g/mol. The van der Waals surface area contributed by atoms with Crippen molar-refractivity contribution in [2.75, 3.05) is 39.6 Å². The quantitative estimate of drug-likeness (QED) is 0.110. The first kappa shape index (κ1) is 28.7. The molecule has 0 aromatic heterocycles. The molecule has 3 atom stereocenters. The van der Waals surface area contributed by atoms with Crippen LogP contribution in [-0.4, -0.2) is 75.9 Å². The molecule has 3 aromatic carbocycles. The molecule has 0 bridgehead atoms. The summed E-state index contributed by atoms with van der Waals surface area (Å²) in [6, 6.07) is 17.1. The van der Waals surface area contributed by atoms with Gasteiger partial charge in [0.2, 0.25) is 0 Å². The van der Waals surface area contributed by atoms with Crippen LogP contribution >= 0.6 is 0 Å².